The predicted octanol–water partition coefficient (Wildman–Crippen LogP) is 4.13. The molecule has 1 aliphatic rings. The zero-order chi connectivity index (χ0) is 17.0. The van der Waals surface area contributed by atoms with E-state index in [1.54, 1.807) is 0 Å². The number of carbonyl (C=O) groups is 1. The zero-order valence-electron chi connectivity index (χ0n) is 15.2. The molecule has 0 bridgehead atoms. The van der Waals surface area contributed by atoms with E-state index in [0.717, 1.165) is 18.6 Å². The van der Waals surface area contributed by atoms with E-state index in [9.17, 15) is 4.79 Å². The molecule has 0 saturated heterocycles. The van der Waals surface area contributed by atoms with Crippen LogP contribution in [0.2, 0.25) is 0 Å². The number of fused-ring (bicyclic) bond motifs is 1. The van der Waals surface area contributed by atoms with Gasteiger partial charge in [-0.15, -0.1) is 0 Å². The van der Waals surface area contributed by atoms with E-state index in [1.807, 2.05) is 19.1 Å². The SMILES string of the molecule is CC(C)C(NC(=O)[C@@H](C)Oc1cccc2c1CCCC2)C(C)C. The van der Waals surface area contributed by atoms with E-state index in [4.69, 9.17) is 4.74 Å². The maximum atomic E-state index is 12.5. The van der Waals surface area contributed by atoms with Gasteiger partial charge in [0.25, 0.3) is 5.91 Å². The molecular formula is C20H31NO2. The molecule has 0 fully saturated rings. The van der Waals surface area contributed by atoms with Crippen molar-refractivity contribution in [3.8, 4) is 5.75 Å². The van der Waals surface area contributed by atoms with Crippen LogP contribution in [0.5, 0.6) is 5.75 Å². The van der Waals surface area contributed by atoms with Gasteiger partial charge >= 0.3 is 0 Å². The standard InChI is InChI=1S/C20H31NO2/c1-13(2)19(14(3)4)21-20(22)15(5)23-18-12-8-10-16-9-6-7-11-17(16)18/h8,10,12-15,19H,6-7,9,11H2,1-5H3,(H,21,22)/t15-/m1/s1. The lowest BCUT2D eigenvalue weighted by Crippen LogP contribution is -2.47. The fourth-order valence-electron chi connectivity index (χ4n) is 3.49. The van der Waals surface area contributed by atoms with Gasteiger partial charge in [-0.25, -0.2) is 0 Å². The summed E-state index contributed by atoms with van der Waals surface area (Å²) in [5, 5.41) is 3.15. The monoisotopic (exact) mass is 317 g/mol. The molecule has 1 aliphatic carbocycles. The van der Waals surface area contributed by atoms with Crippen LogP contribution in [0.25, 0.3) is 0 Å². The van der Waals surface area contributed by atoms with Crippen LogP contribution >= 0.6 is 0 Å². The van der Waals surface area contributed by atoms with Crippen molar-refractivity contribution in [2.24, 2.45) is 11.8 Å². The molecule has 2 rings (SSSR count). The highest BCUT2D eigenvalue weighted by Crippen LogP contribution is 2.30. The Morgan fingerprint density at radius 2 is 1.70 bits per heavy atom. The quantitative estimate of drug-likeness (QED) is 0.856. The Hall–Kier alpha value is -1.51. The van der Waals surface area contributed by atoms with E-state index in [-0.39, 0.29) is 11.9 Å². The minimum absolute atomic E-state index is 0.0224. The first-order chi connectivity index (χ1) is 10.9. The number of amides is 1. The summed E-state index contributed by atoms with van der Waals surface area (Å²) >= 11 is 0. The summed E-state index contributed by atoms with van der Waals surface area (Å²) in [6, 6.07) is 6.39. The van der Waals surface area contributed by atoms with E-state index >= 15 is 0 Å². The molecule has 23 heavy (non-hydrogen) atoms. The molecule has 1 N–H and O–H groups in total. The molecule has 1 aromatic rings. The van der Waals surface area contributed by atoms with Crippen LogP contribution in [0.1, 0.15) is 58.6 Å². The Bertz CT molecular complexity index is 528. The van der Waals surface area contributed by atoms with Crippen LogP contribution < -0.4 is 10.1 Å². The molecule has 3 heteroatoms. The van der Waals surface area contributed by atoms with Gasteiger partial charge in [0, 0.05) is 6.04 Å². The van der Waals surface area contributed by atoms with Gasteiger partial charge in [-0.05, 0) is 61.6 Å². The van der Waals surface area contributed by atoms with Crippen molar-refractivity contribution < 1.29 is 9.53 Å². The minimum atomic E-state index is -0.469. The molecule has 3 nitrogen and oxygen atoms in total. The van der Waals surface area contributed by atoms with Gasteiger partial charge in [-0.1, -0.05) is 39.8 Å². The van der Waals surface area contributed by atoms with Crippen molar-refractivity contribution in [3.05, 3.63) is 29.3 Å². The van der Waals surface area contributed by atoms with Gasteiger partial charge in [-0.2, -0.15) is 0 Å². The summed E-state index contributed by atoms with van der Waals surface area (Å²) in [4.78, 5) is 12.5. The lowest BCUT2D eigenvalue weighted by molar-refractivity contribution is -0.128. The van der Waals surface area contributed by atoms with E-state index < -0.39 is 6.10 Å². The summed E-state index contributed by atoms with van der Waals surface area (Å²) < 4.78 is 6.02. The largest absolute Gasteiger partial charge is 0.481 e. The van der Waals surface area contributed by atoms with E-state index in [1.165, 1.54) is 24.0 Å². The number of aryl methyl sites for hydroxylation is 1. The predicted molar refractivity (Wildman–Crippen MR) is 94.8 cm³/mol. The Morgan fingerprint density at radius 1 is 1.04 bits per heavy atom. The third-order valence-electron chi connectivity index (χ3n) is 4.77. The summed E-state index contributed by atoms with van der Waals surface area (Å²) in [6.07, 6.45) is 4.16. The fourth-order valence-corrected chi connectivity index (χ4v) is 3.49. The molecule has 0 heterocycles. The topological polar surface area (TPSA) is 38.3 Å². The fraction of sp³-hybridized carbons (Fsp3) is 0.650. The minimum Gasteiger partial charge on any atom is -0.481 e. The second-order valence-electron chi connectivity index (χ2n) is 7.38. The Labute approximate surface area is 140 Å². The van der Waals surface area contributed by atoms with Gasteiger partial charge in [0.15, 0.2) is 6.10 Å². The molecule has 128 valence electrons. The Balaban J connectivity index is 2.04. The molecule has 0 aliphatic heterocycles. The molecule has 1 atom stereocenters. The first-order valence-electron chi connectivity index (χ1n) is 8.98. The highest BCUT2D eigenvalue weighted by molar-refractivity contribution is 5.81. The third kappa shape index (κ3) is 4.49. The number of hydrogen-bond acceptors (Lipinski definition) is 2. The van der Waals surface area contributed by atoms with Gasteiger partial charge in [0.05, 0.1) is 0 Å². The van der Waals surface area contributed by atoms with Crippen LogP contribution in [-0.4, -0.2) is 18.1 Å². The number of nitrogens with one attached hydrogen (secondary N) is 1. The molecule has 0 radical (unpaired) electrons. The Morgan fingerprint density at radius 3 is 2.35 bits per heavy atom. The zero-order valence-corrected chi connectivity index (χ0v) is 15.2. The number of carbonyl (C=O) groups excluding carboxylic acids is 1. The molecule has 0 spiro atoms. The first kappa shape index (κ1) is 17.8. The maximum Gasteiger partial charge on any atom is 0.261 e. The smallest absolute Gasteiger partial charge is 0.261 e. The maximum absolute atomic E-state index is 12.5. The van der Waals surface area contributed by atoms with Crippen LogP contribution in [-0.2, 0) is 17.6 Å². The first-order valence-corrected chi connectivity index (χ1v) is 8.98. The van der Waals surface area contributed by atoms with Gasteiger partial charge in [0.2, 0.25) is 0 Å². The summed E-state index contributed by atoms with van der Waals surface area (Å²) in [6.45, 7) is 10.4. The van der Waals surface area contributed by atoms with Crippen LogP contribution in [0.4, 0.5) is 0 Å². The van der Waals surface area contributed by atoms with Crippen molar-refractivity contribution in [2.45, 2.75) is 72.4 Å². The summed E-state index contributed by atoms with van der Waals surface area (Å²) in [7, 11) is 0. The molecule has 0 aromatic heterocycles. The molecule has 1 amide bonds. The Kier molecular flexibility index (Phi) is 6.09. The van der Waals surface area contributed by atoms with Gasteiger partial charge < -0.3 is 10.1 Å². The number of benzene rings is 1. The van der Waals surface area contributed by atoms with Crippen molar-refractivity contribution in [2.75, 3.05) is 0 Å². The highest BCUT2D eigenvalue weighted by Gasteiger charge is 2.24. The number of rotatable bonds is 6. The van der Waals surface area contributed by atoms with Crippen molar-refractivity contribution in [3.63, 3.8) is 0 Å². The second-order valence-corrected chi connectivity index (χ2v) is 7.38. The molecule has 0 saturated carbocycles. The van der Waals surface area contributed by atoms with Crippen molar-refractivity contribution in [1.82, 2.24) is 5.32 Å². The van der Waals surface area contributed by atoms with Gasteiger partial charge in [0.1, 0.15) is 5.75 Å². The van der Waals surface area contributed by atoms with Crippen LogP contribution in [0.15, 0.2) is 18.2 Å². The summed E-state index contributed by atoms with van der Waals surface area (Å²) in [5.41, 5.74) is 2.67. The number of ether oxygens (including phenoxy) is 1. The molecule has 1 aromatic carbocycles. The summed E-state index contributed by atoms with van der Waals surface area (Å²) in [5.74, 6) is 1.69. The van der Waals surface area contributed by atoms with Crippen LogP contribution in [0, 0.1) is 11.8 Å². The third-order valence-corrected chi connectivity index (χ3v) is 4.77. The number of hydrogen-bond donors (Lipinski definition) is 1. The average molecular weight is 317 g/mol. The van der Waals surface area contributed by atoms with Crippen LogP contribution in [0.3, 0.4) is 0 Å². The normalized spacial score (nSPS) is 15.7. The van der Waals surface area contributed by atoms with Crippen molar-refractivity contribution >= 4 is 5.91 Å². The van der Waals surface area contributed by atoms with E-state index in [2.05, 4.69) is 39.1 Å². The highest BCUT2D eigenvalue weighted by atomic mass is 16.5. The van der Waals surface area contributed by atoms with Crippen molar-refractivity contribution in [1.29, 1.82) is 0 Å². The lowest BCUT2D eigenvalue weighted by atomic mass is 9.91. The molecule has 0 unspecified atom stereocenters. The van der Waals surface area contributed by atoms with Gasteiger partial charge in [-0.3, -0.25) is 4.79 Å². The lowest BCUT2D eigenvalue weighted by Gasteiger charge is -2.28. The molecular weight excluding hydrogens is 286 g/mol. The van der Waals surface area contributed by atoms with E-state index in [0.29, 0.717) is 11.8 Å². The second kappa shape index (κ2) is 7.85. The average Bonchev–Trinajstić information content (AvgIpc) is 2.52.